The van der Waals surface area contributed by atoms with Gasteiger partial charge >= 0.3 is 0 Å². The Bertz CT molecular complexity index is 562. The predicted octanol–water partition coefficient (Wildman–Crippen LogP) is 3.37. The summed E-state index contributed by atoms with van der Waals surface area (Å²) in [6.07, 6.45) is 1.07. The fourth-order valence-electron chi connectivity index (χ4n) is 2.02. The molecule has 2 nitrogen and oxygen atoms in total. The standard InChI is InChI=1S/C15H18N2S2/c1-11-10-12(5-6-14(11)15(16)18)17(2)8-7-13-4-3-9-19-13/h3-6,9-10H,7-8H2,1-2H3,(H2,16,18). The number of anilines is 1. The van der Waals surface area contributed by atoms with Crippen molar-refractivity contribution in [1.82, 2.24) is 0 Å². The van der Waals surface area contributed by atoms with E-state index in [0.717, 1.165) is 24.1 Å². The molecule has 0 atom stereocenters. The first-order valence-corrected chi connectivity index (χ1v) is 7.50. The molecule has 1 aromatic carbocycles. The molecule has 2 rings (SSSR count). The van der Waals surface area contributed by atoms with Crippen LogP contribution in [0.2, 0.25) is 0 Å². The Balaban J connectivity index is 2.05. The fraction of sp³-hybridized carbons (Fsp3) is 0.267. The molecule has 0 aliphatic rings. The number of nitrogens with two attached hydrogens (primary N) is 1. The molecule has 0 bridgehead atoms. The molecule has 0 saturated heterocycles. The van der Waals surface area contributed by atoms with Crippen LogP contribution >= 0.6 is 23.6 Å². The number of likely N-dealkylation sites (N-methyl/N-ethyl adjacent to an activating group) is 1. The van der Waals surface area contributed by atoms with E-state index in [1.807, 2.05) is 24.3 Å². The summed E-state index contributed by atoms with van der Waals surface area (Å²) in [5.74, 6) is 0. The lowest BCUT2D eigenvalue weighted by atomic mass is 10.1. The molecule has 0 aliphatic heterocycles. The highest BCUT2D eigenvalue weighted by atomic mass is 32.1. The lowest BCUT2D eigenvalue weighted by Crippen LogP contribution is -2.20. The summed E-state index contributed by atoms with van der Waals surface area (Å²) in [4.78, 5) is 4.14. The molecular weight excluding hydrogens is 272 g/mol. The van der Waals surface area contributed by atoms with Crippen molar-refractivity contribution in [3.8, 4) is 0 Å². The van der Waals surface area contributed by atoms with Crippen LogP contribution in [-0.4, -0.2) is 18.6 Å². The zero-order valence-corrected chi connectivity index (χ0v) is 12.9. The maximum absolute atomic E-state index is 5.68. The second kappa shape index (κ2) is 6.17. The number of hydrogen-bond acceptors (Lipinski definition) is 3. The number of hydrogen-bond donors (Lipinski definition) is 1. The first-order chi connectivity index (χ1) is 9.08. The Morgan fingerprint density at radius 1 is 1.37 bits per heavy atom. The Hall–Kier alpha value is -1.39. The topological polar surface area (TPSA) is 29.3 Å². The summed E-state index contributed by atoms with van der Waals surface area (Å²) in [6, 6.07) is 10.5. The highest BCUT2D eigenvalue weighted by Crippen LogP contribution is 2.19. The number of rotatable bonds is 5. The zero-order chi connectivity index (χ0) is 13.8. The first-order valence-electron chi connectivity index (χ1n) is 6.22. The minimum atomic E-state index is 0.463. The number of thiophene rings is 1. The van der Waals surface area contributed by atoms with Crippen molar-refractivity contribution in [2.75, 3.05) is 18.5 Å². The van der Waals surface area contributed by atoms with Crippen molar-refractivity contribution >= 4 is 34.2 Å². The van der Waals surface area contributed by atoms with Gasteiger partial charge in [-0.3, -0.25) is 0 Å². The Morgan fingerprint density at radius 3 is 2.74 bits per heavy atom. The fourth-order valence-corrected chi connectivity index (χ4v) is 2.95. The lowest BCUT2D eigenvalue weighted by Gasteiger charge is -2.20. The molecule has 1 heterocycles. The predicted molar refractivity (Wildman–Crippen MR) is 88.4 cm³/mol. The summed E-state index contributed by atoms with van der Waals surface area (Å²) < 4.78 is 0. The number of thiocarbonyl (C=S) groups is 1. The third kappa shape index (κ3) is 3.55. The molecule has 0 aliphatic carbocycles. The summed E-state index contributed by atoms with van der Waals surface area (Å²) in [5.41, 5.74) is 8.98. The van der Waals surface area contributed by atoms with Crippen molar-refractivity contribution in [3.63, 3.8) is 0 Å². The van der Waals surface area contributed by atoms with Gasteiger partial charge in [-0.05, 0) is 48.6 Å². The van der Waals surface area contributed by atoms with E-state index in [-0.39, 0.29) is 0 Å². The van der Waals surface area contributed by atoms with Gasteiger partial charge < -0.3 is 10.6 Å². The van der Waals surface area contributed by atoms with Crippen LogP contribution in [0.15, 0.2) is 35.7 Å². The average Bonchev–Trinajstić information content (AvgIpc) is 2.88. The van der Waals surface area contributed by atoms with Crippen molar-refractivity contribution in [3.05, 3.63) is 51.7 Å². The Labute approximate surface area is 123 Å². The summed E-state index contributed by atoms with van der Waals surface area (Å²) in [7, 11) is 2.11. The summed E-state index contributed by atoms with van der Waals surface area (Å²) >= 11 is 6.84. The van der Waals surface area contributed by atoms with Gasteiger partial charge in [-0.2, -0.15) is 0 Å². The normalized spacial score (nSPS) is 10.4. The van der Waals surface area contributed by atoms with Crippen LogP contribution in [0.5, 0.6) is 0 Å². The summed E-state index contributed by atoms with van der Waals surface area (Å²) in [5, 5.41) is 2.12. The Kier molecular flexibility index (Phi) is 4.56. The van der Waals surface area contributed by atoms with E-state index < -0.39 is 0 Å². The zero-order valence-electron chi connectivity index (χ0n) is 11.2. The van der Waals surface area contributed by atoms with Gasteiger partial charge in [0.15, 0.2) is 0 Å². The molecule has 100 valence electrons. The van der Waals surface area contributed by atoms with Crippen LogP contribution in [0, 0.1) is 6.92 Å². The van der Waals surface area contributed by atoms with Gasteiger partial charge in [-0.15, -0.1) is 11.3 Å². The van der Waals surface area contributed by atoms with E-state index in [1.54, 1.807) is 0 Å². The van der Waals surface area contributed by atoms with Crippen LogP contribution < -0.4 is 10.6 Å². The molecule has 0 saturated carbocycles. The molecule has 0 unspecified atom stereocenters. The molecule has 0 spiro atoms. The number of aryl methyl sites for hydroxylation is 1. The van der Waals surface area contributed by atoms with E-state index >= 15 is 0 Å². The molecule has 2 aromatic rings. The average molecular weight is 290 g/mol. The number of nitrogens with zero attached hydrogens (tertiary/aromatic N) is 1. The van der Waals surface area contributed by atoms with Crippen LogP contribution in [-0.2, 0) is 6.42 Å². The molecule has 0 amide bonds. The van der Waals surface area contributed by atoms with Gasteiger partial charge in [0.2, 0.25) is 0 Å². The third-order valence-corrected chi connectivity index (χ3v) is 4.35. The molecular formula is C15H18N2S2. The molecule has 4 heteroatoms. The quantitative estimate of drug-likeness (QED) is 0.856. The van der Waals surface area contributed by atoms with Gasteiger partial charge in [-0.1, -0.05) is 18.3 Å². The second-order valence-electron chi connectivity index (χ2n) is 4.61. The SMILES string of the molecule is Cc1cc(N(C)CCc2cccs2)ccc1C(N)=S. The van der Waals surface area contributed by atoms with Gasteiger partial charge in [0.05, 0.1) is 0 Å². The van der Waals surface area contributed by atoms with Crippen molar-refractivity contribution in [2.24, 2.45) is 5.73 Å². The molecule has 0 radical (unpaired) electrons. The van der Waals surface area contributed by atoms with Crippen LogP contribution in [0.3, 0.4) is 0 Å². The molecule has 0 fully saturated rings. The maximum atomic E-state index is 5.68. The number of benzene rings is 1. The van der Waals surface area contributed by atoms with E-state index in [9.17, 15) is 0 Å². The highest BCUT2D eigenvalue weighted by molar-refractivity contribution is 7.80. The Morgan fingerprint density at radius 2 is 2.16 bits per heavy atom. The van der Waals surface area contributed by atoms with E-state index in [0.29, 0.717) is 4.99 Å². The van der Waals surface area contributed by atoms with Gasteiger partial charge in [0.1, 0.15) is 4.99 Å². The monoisotopic (exact) mass is 290 g/mol. The third-order valence-electron chi connectivity index (χ3n) is 3.19. The van der Waals surface area contributed by atoms with E-state index in [4.69, 9.17) is 18.0 Å². The minimum absolute atomic E-state index is 0.463. The summed E-state index contributed by atoms with van der Waals surface area (Å²) in [6.45, 7) is 3.05. The smallest absolute Gasteiger partial charge is 0.104 e. The van der Waals surface area contributed by atoms with Crippen molar-refractivity contribution in [2.45, 2.75) is 13.3 Å². The van der Waals surface area contributed by atoms with Crippen molar-refractivity contribution < 1.29 is 0 Å². The highest BCUT2D eigenvalue weighted by Gasteiger charge is 2.06. The van der Waals surface area contributed by atoms with Crippen LogP contribution in [0.1, 0.15) is 16.0 Å². The second-order valence-corrected chi connectivity index (χ2v) is 6.09. The van der Waals surface area contributed by atoms with Crippen LogP contribution in [0.25, 0.3) is 0 Å². The van der Waals surface area contributed by atoms with Gasteiger partial charge in [0, 0.05) is 29.7 Å². The maximum Gasteiger partial charge on any atom is 0.104 e. The molecule has 2 N–H and O–H groups in total. The molecule has 19 heavy (non-hydrogen) atoms. The lowest BCUT2D eigenvalue weighted by molar-refractivity contribution is 0.887. The largest absolute Gasteiger partial charge is 0.389 e. The minimum Gasteiger partial charge on any atom is -0.389 e. The van der Waals surface area contributed by atoms with Crippen LogP contribution in [0.4, 0.5) is 5.69 Å². The molecule has 1 aromatic heterocycles. The first kappa shape index (κ1) is 14.0. The van der Waals surface area contributed by atoms with Crippen molar-refractivity contribution in [1.29, 1.82) is 0 Å². The van der Waals surface area contributed by atoms with E-state index in [1.165, 1.54) is 10.6 Å². The van der Waals surface area contributed by atoms with E-state index in [2.05, 4.69) is 41.6 Å². The van der Waals surface area contributed by atoms with Gasteiger partial charge in [0.25, 0.3) is 0 Å². The van der Waals surface area contributed by atoms with Gasteiger partial charge in [-0.25, -0.2) is 0 Å².